The zero-order valence-corrected chi connectivity index (χ0v) is 17.5. The Morgan fingerprint density at radius 1 is 0.531 bits per heavy atom. The fourth-order valence-electron chi connectivity index (χ4n) is 3.84. The fraction of sp³-hybridized carbons (Fsp3) is 0.0833. The Hall–Kier alpha value is -3.29. The largest absolute Gasteiger partial charge is 0.488 e. The first kappa shape index (κ1) is 21.9. The first-order chi connectivity index (χ1) is 15.5. The standard InChI is InChI=1S/C24H24B2N2O4/c29-25(30)23-11-3-1-7-21(23)17-27-13-5-9-19(15-27)20-10-6-14-28(16-20)18-22-8-2-4-12-24(22)26(31)32/h1-16,29-32H,17-18H2/q+2. The Morgan fingerprint density at radius 3 is 1.34 bits per heavy atom. The average Bonchev–Trinajstić information content (AvgIpc) is 2.80. The van der Waals surface area contributed by atoms with Gasteiger partial charge in [0.25, 0.3) is 0 Å². The summed E-state index contributed by atoms with van der Waals surface area (Å²) in [5.74, 6) is 0. The Morgan fingerprint density at radius 2 is 0.938 bits per heavy atom. The van der Waals surface area contributed by atoms with Gasteiger partial charge in [0.2, 0.25) is 0 Å². The third-order valence-corrected chi connectivity index (χ3v) is 5.42. The van der Waals surface area contributed by atoms with Crippen LogP contribution in [-0.2, 0) is 13.1 Å². The topological polar surface area (TPSA) is 88.7 Å². The Labute approximate surface area is 187 Å². The predicted octanol–water partition coefficient (Wildman–Crippen LogP) is -0.615. The summed E-state index contributed by atoms with van der Waals surface area (Å²) in [5.41, 5.74) is 4.69. The van der Waals surface area contributed by atoms with E-state index in [4.69, 9.17) is 0 Å². The van der Waals surface area contributed by atoms with E-state index in [1.807, 2.05) is 82.5 Å². The maximum absolute atomic E-state index is 9.63. The van der Waals surface area contributed by atoms with Crippen molar-refractivity contribution in [1.82, 2.24) is 0 Å². The van der Waals surface area contributed by atoms with Crippen LogP contribution in [0.5, 0.6) is 0 Å². The van der Waals surface area contributed by atoms with Gasteiger partial charge in [0, 0.05) is 23.3 Å². The molecule has 0 amide bonds. The molecule has 4 aromatic rings. The second-order valence-electron chi connectivity index (χ2n) is 7.67. The molecule has 0 saturated carbocycles. The molecule has 0 atom stereocenters. The smallest absolute Gasteiger partial charge is 0.423 e. The number of benzene rings is 2. The van der Waals surface area contributed by atoms with Crippen molar-refractivity contribution in [3.63, 3.8) is 0 Å². The summed E-state index contributed by atoms with van der Waals surface area (Å²) in [7, 11) is -3.02. The van der Waals surface area contributed by atoms with E-state index in [2.05, 4.69) is 0 Å². The molecule has 6 nitrogen and oxygen atoms in total. The second kappa shape index (κ2) is 9.89. The molecule has 158 valence electrons. The summed E-state index contributed by atoms with van der Waals surface area (Å²) >= 11 is 0. The van der Waals surface area contributed by atoms with Crippen molar-refractivity contribution >= 4 is 25.2 Å². The van der Waals surface area contributed by atoms with Crippen LogP contribution in [0.3, 0.4) is 0 Å². The Bertz CT molecular complexity index is 1120. The molecular formula is C24H24B2N2O4+2. The molecule has 0 aliphatic carbocycles. The third-order valence-electron chi connectivity index (χ3n) is 5.42. The highest BCUT2D eigenvalue weighted by Gasteiger charge is 2.19. The van der Waals surface area contributed by atoms with E-state index >= 15 is 0 Å². The van der Waals surface area contributed by atoms with Gasteiger partial charge in [-0.1, -0.05) is 48.5 Å². The van der Waals surface area contributed by atoms with E-state index in [1.165, 1.54) is 0 Å². The molecule has 0 aliphatic rings. The van der Waals surface area contributed by atoms with Crippen LogP contribution in [0.15, 0.2) is 97.6 Å². The molecule has 0 spiro atoms. The quantitative estimate of drug-likeness (QED) is 0.235. The van der Waals surface area contributed by atoms with E-state index in [9.17, 15) is 20.1 Å². The molecule has 0 saturated heterocycles. The highest BCUT2D eigenvalue weighted by molar-refractivity contribution is 6.59. The van der Waals surface area contributed by atoms with Crippen molar-refractivity contribution in [1.29, 1.82) is 0 Å². The van der Waals surface area contributed by atoms with Crippen LogP contribution in [0.2, 0.25) is 0 Å². The van der Waals surface area contributed by atoms with Crippen LogP contribution in [0, 0.1) is 0 Å². The highest BCUT2D eigenvalue weighted by atomic mass is 16.4. The van der Waals surface area contributed by atoms with Crippen LogP contribution in [0.1, 0.15) is 11.1 Å². The van der Waals surface area contributed by atoms with Crippen molar-refractivity contribution < 1.29 is 29.2 Å². The maximum atomic E-state index is 9.63. The molecule has 4 N–H and O–H groups in total. The van der Waals surface area contributed by atoms with Gasteiger partial charge in [0.15, 0.2) is 37.9 Å². The minimum Gasteiger partial charge on any atom is -0.423 e. The van der Waals surface area contributed by atoms with Crippen molar-refractivity contribution in [2.75, 3.05) is 0 Å². The van der Waals surface area contributed by atoms with Gasteiger partial charge in [-0.05, 0) is 23.1 Å². The first-order valence-electron chi connectivity index (χ1n) is 10.4. The molecule has 0 unspecified atom stereocenters. The monoisotopic (exact) mass is 426 g/mol. The lowest BCUT2D eigenvalue weighted by molar-refractivity contribution is -0.689. The molecule has 2 aromatic carbocycles. The molecule has 0 bridgehead atoms. The van der Waals surface area contributed by atoms with Gasteiger partial charge in [-0.3, -0.25) is 0 Å². The predicted molar refractivity (Wildman–Crippen MR) is 123 cm³/mol. The maximum Gasteiger partial charge on any atom is 0.488 e. The van der Waals surface area contributed by atoms with Crippen molar-refractivity contribution in [2.45, 2.75) is 13.1 Å². The molecule has 0 fully saturated rings. The lowest BCUT2D eigenvalue weighted by atomic mass is 9.77. The molecule has 4 rings (SSSR count). The lowest BCUT2D eigenvalue weighted by Gasteiger charge is -2.07. The van der Waals surface area contributed by atoms with Crippen LogP contribution < -0.4 is 20.1 Å². The first-order valence-corrected chi connectivity index (χ1v) is 10.4. The van der Waals surface area contributed by atoms with Gasteiger partial charge in [-0.25, -0.2) is 9.13 Å². The number of aromatic nitrogens is 2. The minimum absolute atomic E-state index is 0.493. The van der Waals surface area contributed by atoms with Crippen LogP contribution >= 0.6 is 0 Å². The summed E-state index contributed by atoms with van der Waals surface area (Å²) in [6.45, 7) is 1.02. The van der Waals surface area contributed by atoms with Crippen LogP contribution in [0.25, 0.3) is 11.1 Å². The molecular weight excluding hydrogens is 402 g/mol. The van der Waals surface area contributed by atoms with Gasteiger partial charge >= 0.3 is 14.2 Å². The van der Waals surface area contributed by atoms with Crippen LogP contribution in [-0.4, -0.2) is 34.3 Å². The van der Waals surface area contributed by atoms with E-state index in [1.54, 1.807) is 24.3 Å². The number of nitrogens with zero attached hydrogens (tertiary/aromatic N) is 2. The number of hydrogen-bond donors (Lipinski definition) is 4. The van der Waals surface area contributed by atoms with Gasteiger partial charge in [0.05, 0.1) is 11.1 Å². The molecule has 32 heavy (non-hydrogen) atoms. The highest BCUT2D eigenvalue weighted by Crippen LogP contribution is 2.15. The summed E-state index contributed by atoms with van der Waals surface area (Å²) < 4.78 is 4.01. The molecule has 0 radical (unpaired) electrons. The molecule has 0 aliphatic heterocycles. The normalized spacial score (nSPS) is 10.8. The number of pyridine rings is 2. The van der Waals surface area contributed by atoms with E-state index < -0.39 is 14.2 Å². The van der Waals surface area contributed by atoms with Gasteiger partial charge in [-0.15, -0.1) is 0 Å². The summed E-state index contributed by atoms with van der Waals surface area (Å²) in [4.78, 5) is 0. The second-order valence-corrected chi connectivity index (χ2v) is 7.67. The zero-order valence-electron chi connectivity index (χ0n) is 17.5. The summed E-state index contributed by atoms with van der Waals surface area (Å²) in [6, 6.07) is 22.5. The minimum atomic E-state index is -1.51. The fourth-order valence-corrected chi connectivity index (χ4v) is 3.84. The molecule has 2 aromatic heterocycles. The van der Waals surface area contributed by atoms with Gasteiger partial charge in [-0.2, -0.15) is 0 Å². The van der Waals surface area contributed by atoms with Gasteiger partial charge < -0.3 is 20.1 Å². The lowest BCUT2D eigenvalue weighted by Crippen LogP contribution is -2.41. The third kappa shape index (κ3) is 5.12. The SMILES string of the molecule is OB(O)c1ccccc1C[n+]1cccc(-c2ccc[n+](Cc3ccccc3B(O)O)c2)c1. The van der Waals surface area contributed by atoms with E-state index in [0.717, 1.165) is 22.3 Å². The molecule has 8 heteroatoms. The van der Waals surface area contributed by atoms with Crippen molar-refractivity contribution in [3.8, 4) is 11.1 Å². The van der Waals surface area contributed by atoms with Crippen LogP contribution in [0.4, 0.5) is 0 Å². The number of hydrogen-bond acceptors (Lipinski definition) is 4. The van der Waals surface area contributed by atoms with Crippen molar-refractivity contribution in [3.05, 3.63) is 109 Å². The van der Waals surface area contributed by atoms with E-state index in [0.29, 0.717) is 24.0 Å². The summed E-state index contributed by atoms with van der Waals surface area (Å²) in [6.07, 6.45) is 7.93. The van der Waals surface area contributed by atoms with E-state index in [-0.39, 0.29) is 0 Å². The Balaban J connectivity index is 1.60. The average molecular weight is 426 g/mol. The Kier molecular flexibility index (Phi) is 6.78. The van der Waals surface area contributed by atoms with Crippen molar-refractivity contribution in [2.24, 2.45) is 0 Å². The number of rotatable bonds is 7. The zero-order chi connectivity index (χ0) is 22.5. The summed E-state index contributed by atoms with van der Waals surface area (Å²) in [5, 5.41) is 38.5. The molecule has 2 heterocycles. The van der Waals surface area contributed by atoms with Gasteiger partial charge in [0.1, 0.15) is 0 Å².